The molecule has 1 aliphatic heterocycles. The van der Waals surface area contributed by atoms with Gasteiger partial charge in [0, 0.05) is 0 Å². The first-order chi connectivity index (χ1) is 10.6. The van der Waals surface area contributed by atoms with Gasteiger partial charge in [0.2, 0.25) is 0 Å². The Morgan fingerprint density at radius 3 is 2.22 bits per heavy atom. The van der Waals surface area contributed by atoms with Crippen LogP contribution in [-0.4, -0.2) is 42.3 Å². The number of carboxylic acid groups (broad SMARTS) is 1. The van der Waals surface area contributed by atoms with Gasteiger partial charge in [-0.3, -0.25) is 9.28 Å². The number of carbonyl (C=O) groups is 2. The summed E-state index contributed by atoms with van der Waals surface area (Å²) in [5, 5.41) is 11.9. The van der Waals surface area contributed by atoms with Gasteiger partial charge in [-0.1, -0.05) is 12.1 Å². The van der Waals surface area contributed by atoms with E-state index in [4.69, 9.17) is 4.74 Å². The van der Waals surface area contributed by atoms with Gasteiger partial charge in [0.25, 0.3) is 6.09 Å². The number of ether oxygens (including phenoxy) is 1. The van der Waals surface area contributed by atoms with Crippen molar-refractivity contribution in [2.75, 3.05) is 20.2 Å². The first-order valence-corrected chi connectivity index (χ1v) is 7.54. The summed E-state index contributed by atoms with van der Waals surface area (Å²) >= 11 is 0. The molecule has 0 N–H and O–H groups in total. The topological polar surface area (TPSA) is 66.4 Å². The van der Waals surface area contributed by atoms with Crippen LogP contribution in [0.25, 0.3) is 0 Å². The van der Waals surface area contributed by atoms with E-state index in [0.717, 1.165) is 5.56 Å². The van der Waals surface area contributed by atoms with Gasteiger partial charge in [0.15, 0.2) is 0 Å². The summed E-state index contributed by atoms with van der Waals surface area (Å²) in [7, 11) is 1.28. The Kier molecular flexibility index (Phi) is 4.48. The predicted molar refractivity (Wildman–Crippen MR) is 79.8 cm³/mol. The standard InChI is InChI=1S/C17H22FNO4/c1-17(2,3)19(16(21)22)9-13(14(10-19)15(20)23-4)11-5-7-12(18)8-6-11/h5-8,13-14H,9-10H2,1-4H3/t13-,14-,19?/m0/s1. The average molecular weight is 323 g/mol. The number of likely N-dealkylation sites (tertiary alicyclic amines) is 1. The third-order valence-corrected chi connectivity index (χ3v) is 4.94. The van der Waals surface area contributed by atoms with Crippen LogP contribution in [0.2, 0.25) is 0 Å². The zero-order valence-electron chi connectivity index (χ0n) is 13.8. The van der Waals surface area contributed by atoms with Crippen LogP contribution in [-0.2, 0) is 9.53 Å². The van der Waals surface area contributed by atoms with Gasteiger partial charge in [0.1, 0.15) is 11.7 Å². The number of nitrogens with zero attached hydrogens (tertiary/aromatic N) is 1. The molecule has 1 amide bonds. The van der Waals surface area contributed by atoms with Gasteiger partial charge in [-0.25, -0.2) is 4.39 Å². The zero-order valence-corrected chi connectivity index (χ0v) is 13.8. The molecule has 1 fully saturated rings. The minimum absolute atomic E-state index is 0.0978. The Hall–Kier alpha value is -1.95. The molecule has 0 aliphatic carbocycles. The Bertz CT molecular complexity index is 608. The van der Waals surface area contributed by atoms with Crippen LogP contribution in [0, 0.1) is 11.7 Å². The molecule has 1 aliphatic rings. The summed E-state index contributed by atoms with van der Waals surface area (Å²) in [5.74, 6) is -1.80. The van der Waals surface area contributed by atoms with Crippen LogP contribution < -0.4 is 5.11 Å². The lowest BCUT2D eigenvalue weighted by molar-refractivity contribution is -0.910. The molecule has 1 aromatic carbocycles. The van der Waals surface area contributed by atoms with E-state index in [0.29, 0.717) is 0 Å². The summed E-state index contributed by atoms with van der Waals surface area (Å²) in [6.45, 7) is 5.73. The van der Waals surface area contributed by atoms with Gasteiger partial charge in [0.05, 0.1) is 31.7 Å². The molecule has 2 rings (SSSR count). The van der Waals surface area contributed by atoms with Crippen LogP contribution in [0.15, 0.2) is 24.3 Å². The van der Waals surface area contributed by atoms with Crippen LogP contribution in [0.3, 0.4) is 0 Å². The van der Waals surface area contributed by atoms with Crippen molar-refractivity contribution in [3.63, 3.8) is 0 Å². The number of hydrogen-bond donors (Lipinski definition) is 0. The van der Waals surface area contributed by atoms with E-state index < -0.39 is 23.5 Å². The number of esters is 1. The monoisotopic (exact) mass is 323 g/mol. The van der Waals surface area contributed by atoms with Crippen molar-refractivity contribution in [1.82, 2.24) is 0 Å². The number of amides is 1. The minimum Gasteiger partial charge on any atom is -0.498 e. The maximum atomic E-state index is 13.2. The molecule has 1 aromatic rings. The molecule has 1 heterocycles. The normalized spacial score (nSPS) is 27.7. The predicted octanol–water partition coefficient (Wildman–Crippen LogP) is 1.67. The fourth-order valence-corrected chi connectivity index (χ4v) is 3.41. The van der Waals surface area contributed by atoms with Crippen molar-refractivity contribution in [2.24, 2.45) is 5.92 Å². The molecule has 0 aromatic heterocycles. The Morgan fingerprint density at radius 2 is 1.78 bits per heavy atom. The van der Waals surface area contributed by atoms with Crippen LogP contribution in [0.4, 0.5) is 9.18 Å². The first-order valence-electron chi connectivity index (χ1n) is 7.54. The van der Waals surface area contributed by atoms with Crippen molar-refractivity contribution in [1.29, 1.82) is 0 Å². The smallest absolute Gasteiger partial charge is 0.315 e. The van der Waals surface area contributed by atoms with Gasteiger partial charge >= 0.3 is 5.97 Å². The number of rotatable bonds is 2. The summed E-state index contributed by atoms with van der Waals surface area (Å²) in [6.07, 6.45) is -1.21. The molecule has 126 valence electrons. The number of hydrogen-bond acceptors (Lipinski definition) is 4. The number of benzene rings is 1. The van der Waals surface area contributed by atoms with Crippen molar-refractivity contribution in [3.8, 4) is 0 Å². The molecular weight excluding hydrogens is 301 g/mol. The highest BCUT2D eigenvalue weighted by atomic mass is 19.1. The number of methoxy groups -OCH3 is 1. The SMILES string of the molecule is COC(=O)[C@H]1C[N+](C(=O)[O-])(C(C)(C)C)C[C@H]1c1ccc(F)cc1. The lowest BCUT2D eigenvalue weighted by Crippen LogP contribution is -2.66. The first kappa shape index (κ1) is 17.4. The second-order valence-electron chi connectivity index (χ2n) is 7.06. The molecule has 5 nitrogen and oxygen atoms in total. The number of halogens is 1. The molecule has 3 atom stereocenters. The molecule has 6 heteroatoms. The Labute approximate surface area is 135 Å². The molecule has 0 saturated carbocycles. The highest BCUT2D eigenvalue weighted by Gasteiger charge is 2.56. The van der Waals surface area contributed by atoms with E-state index in [9.17, 15) is 19.1 Å². The highest BCUT2D eigenvalue weighted by molar-refractivity contribution is 5.75. The third kappa shape index (κ3) is 2.95. The van der Waals surface area contributed by atoms with E-state index in [-0.39, 0.29) is 29.3 Å². The fourth-order valence-electron chi connectivity index (χ4n) is 3.41. The minimum atomic E-state index is -1.21. The van der Waals surface area contributed by atoms with E-state index in [1.54, 1.807) is 12.1 Å². The second-order valence-corrected chi connectivity index (χ2v) is 7.06. The van der Waals surface area contributed by atoms with E-state index >= 15 is 0 Å². The maximum Gasteiger partial charge on any atom is 0.315 e. The van der Waals surface area contributed by atoms with E-state index in [1.807, 2.05) is 20.8 Å². The van der Waals surface area contributed by atoms with Crippen molar-refractivity contribution in [3.05, 3.63) is 35.6 Å². The molecule has 0 spiro atoms. The zero-order chi connectivity index (χ0) is 17.4. The second kappa shape index (κ2) is 5.92. The van der Waals surface area contributed by atoms with Crippen LogP contribution >= 0.6 is 0 Å². The third-order valence-electron chi connectivity index (χ3n) is 4.94. The van der Waals surface area contributed by atoms with Gasteiger partial charge in [-0.15, -0.1) is 0 Å². The maximum absolute atomic E-state index is 13.2. The Morgan fingerprint density at radius 1 is 1.22 bits per heavy atom. The van der Waals surface area contributed by atoms with Gasteiger partial charge < -0.3 is 14.6 Å². The van der Waals surface area contributed by atoms with E-state index in [2.05, 4.69) is 0 Å². The molecule has 0 radical (unpaired) electrons. The van der Waals surface area contributed by atoms with Crippen LogP contribution in [0.5, 0.6) is 0 Å². The van der Waals surface area contributed by atoms with Gasteiger partial charge in [-0.05, 0) is 38.5 Å². The van der Waals surface area contributed by atoms with Crippen molar-refractivity contribution >= 4 is 12.1 Å². The van der Waals surface area contributed by atoms with E-state index in [1.165, 1.54) is 19.2 Å². The van der Waals surface area contributed by atoms with Gasteiger partial charge in [-0.2, -0.15) is 0 Å². The molecule has 1 unspecified atom stereocenters. The van der Waals surface area contributed by atoms with Crippen molar-refractivity contribution in [2.45, 2.75) is 32.2 Å². The molecule has 0 bridgehead atoms. The summed E-state index contributed by atoms with van der Waals surface area (Å²) in [4.78, 5) is 24.1. The molecular formula is C17H22FNO4. The number of carbonyl (C=O) groups excluding carboxylic acids is 2. The Balaban J connectivity index is 2.49. The van der Waals surface area contributed by atoms with Crippen molar-refractivity contribution < 1.29 is 28.3 Å². The molecule has 23 heavy (non-hydrogen) atoms. The lowest BCUT2D eigenvalue weighted by Gasteiger charge is -2.45. The van der Waals surface area contributed by atoms with Crippen LogP contribution in [0.1, 0.15) is 32.3 Å². The average Bonchev–Trinajstić information content (AvgIpc) is 2.89. The lowest BCUT2D eigenvalue weighted by atomic mass is 9.89. The largest absolute Gasteiger partial charge is 0.498 e. The fraction of sp³-hybridized carbons (Fsp3) is 0.529. The molecule has 1 saturated heterocycles. The summed E-state index contributed by atoms with van der Waals surface area (Å²) in [6, 6.07) is 5.81. The quantitative estimate of drug-likeness (QED) is 0.613. The summed E-state index contributed by atoms with van der Waals surface area (Å²) in [5.41, 5.74) is 0.0900. The highest BCUT2D eigenvalue weighted by Crippen LogP contribution is 2.42. The number of quaternary nitrogens is 1. The summed E-state index contributed by atoms with van der Waals surface area (Å²) < 4.78 is 17.7.